The van der Waals surface area contributed by atoms with Crippen LogP contribution in [0.15, 0.2) is 24.3 Å². The summed E-state index contributed by atoms with van der Waals surface area (Å²) in [5, 5.41) is 17.6. The van der Waals surface area contributed by atoms with Crippen LogP contribution in [0, 0.1) is 0 Å². The van der Waals surface area contributed by atoms with Gasteiger partial charge in [-0.3, -0.25) is 0 Å². The molecule has 2 N–H and O–H groups in total. The Morgan fingerprint density at radius 1 is 1.23 bits per heavy atom. The zero-order valence-corrected chi connectivity index (χ0v) is 7.30. The summed E-state index contributed by atoms with van der Waals surface area (Å²) in [4.78, 5) is 9.12. The van der Waals surface area contributed by atoms with Crippen LogP contribution >= 0.6 is 0 Å². The summed E-state index contributed by atoms with van der Waals surface area (Å²) >= 11 is 0. The van der Waals surface area contributed by atoms with E-state index < -0.39 is 7.12 Å². The standard InChI is InChI=1S/C8H11BO4/c1-12-13-6-7-2-4-8(5-3-7)9(10)11/h2-5,10-11H,6H2,1H3. The Balaban J connectivity index is 2.59. The Hall–Kier alpha value is -0.875. The molecule has 1 rings (SSSR count). The number of benzene rings is 1. The highest BCUT2D eigenvalue weighted by Gasteiger charge is 2.09. The predicted octanol–water partition coefficient (Wildman–Crippen LogP) is -0.556. The maximum Gasteiger partial charge on any atom is 0.488 e. The van der Waals surface area contributed by atoms with Crippen molar-refractivity contribution in [1.82, 2.24) is 0 Å². The first-order valence-electron chi connectivity index (χ1n) is 3.84. The van der Waals surface area contributed by atoms with Gasteiger partial charge in [0.2, 0.25) is 0 Å². The molecule has 13 heavy (non-hydrogen) atoms. The molecule has 0 atom stereocenters. The van der Waals surface area contributed by atoms with E-state index in [9.17, 15) is 0 Å². The smallest absolute Gasteiger partial charge is 0.423 e. The number of hydrogen-bond acceptors (Lipinski definition) is 4. The Bertz CT molecular complexity index is 247. The number of rotatable bonds is 4. The second kappa shape index (κ2) is 4.99. The molecule has 0 saturated heterocycles. The summed E-state index contributed by atoms with van der Waals surface area (Å²) in [7, 11) is 0.0173. The Morgan fingerprint density at radius 2 is 1.85 bits per heavy atom. The van der Waals surface area contributed by atoms with Crippen LogP contribution in [0.4, 0.5) is 0 Å². The van der Waals surface area contributed by atoms with Crippen molar-refractivity contribution >= 4 is 12.6 Å². The van der Waals surface area contributed by atoms with E-state index in [0.29, 0.717) is 12.1 Å². The van der Waals surface area contributed by atoms with E-state index in [2.05, 4.69) is 4.89 Å². The predicted molar refractivity (Wildman–Crippen MR) is 48.1 cm³/mol. The van der Waals surface area contributed by atoms with E-state index in [4.69, 9.17) is 14.9 Å². The molecule has 5 heteroatoms. The first kappa shape index (κ1) is 10.2. The largest absolute Gasteiger partial charge is 0.488 e. The van der Waals surface area contributed by atoms with Crippen LogP contribution in [0.3, 0.4) is 0 Å². The summed E-state index contributed by atoms with van der Waals surface area (Å²) in [6.07, 6.45) is 0. The van der Waals surface area contributed by atoms with Gasteiger partial charge in [0.1, 0.15) is 6.61 Å². The molecule has 0 fully saturated rings. The Labute approximate surface area is 76.8 Å². The Kier molecular flexibility index (Phi) is 3.91. The third-order valence-corrected chi connectivity index (χ3v) is 1.62. The molecule has 1 aromatic rings. The molecule has 0 saturated carbocycles. The lowest BCUT2D eigenvalue weighted by Crippen LogP contribution is -2.29. The zero-order chi connectivity index (χ0) is 9.68. The molecule has 4 nitrogen and oxygen atoms in total. The van der Waals surface area contributed by atoms with Crippen LogP contribution in [-0.4, -0.2) is 24.3 Å². The van der Waals surface area contributed by atoms with Crippen LogP contribution in [0.5, 0.6) is 0 Å². The molecular weight excluding hydrogens is 171 g/mol. The molecule has 0 aliphatic carbocycles. The molecule has 0 radical (unpaired) electrons. The SMILES string of the molecule is COOCc1ccc(B(O)O)cc1. The van der Waals surface area contributed by atoms with Gasteiger partial charge in [-0.05, 0) is 11.0 Å². The molecular formula is C8H11BO4. The molecule has 0 aliphatic rings. The van der Waals surface area contributed by atoms with Crippen LogP contribution in [-0.2, 0) is 16.4 Å². The minimum atomic E-state index is -1.42. The van der Waals surface area contributed by atoms with Crippen molar-refractivity contribution < 1.29 is 19.8 Å². The van der Waals surface area contributed by atoms with Gasteiger partial charge in [-0.25, -0.2) is 9.78 Å². The third-order valence-electron chi connectivity index (χ3n) is 1.62. The van der Waals surface area contributed by atoms with Crippen LogP contribution < -0.4 is 5.46 Å². The van der Waals surface area contributed by atoms with Crippen LogP contribution in [0.25, 0.3) is 0 Å². The van der Waals surface area contributed by atoms with Crippen molar-refractivity contribution in [3.8, 4) is 0 Å². The molecule has 0 aromatic heterocycles. The molecule has 70 valence electrons. The van der Waals surface area contributed by atoms with Crippen molar-refractivity contribution in [2.75, 3.05) is 7.11 Å². The molecule has 0 heterocycles. The van der Waals surface area contributed by atoms with E-state index in [1.807, 2.05) is 0 Å². The van der Waals surface area contributed by atoms with Gasteiger partial charge in [-0.1, -0.05) is 24.3 Å². The summed E-state index contributed by atoms with van der Waals surface area (Å²) in [6, 6.07) is 6.74. The molecule has 0 aliphatic heterocycles. The minimum Gasteiger partial charge on any atom is -0.423 e. The minimum absolute atomic E-state index is 0.346. The van der Waals surface area contributed by atoms with Gasteiger partial charge < -0.3 is 10.0 Å². The second-order valence-corrected chi connectivity index (χ2v) is 2.54. The summed E-state index contributed by atoms with van der Waals surface area (Å²) in [6.45, 7) is 0.346. The van der Waals surface area contributed by atoms with E-state index in [0.717, 1.165) is 5.56 Å². The third kappa shape index (κ3) is 3.16. The summed E-state index contributed by atoms with van der Waals surface area (Å²) < 4.78 is 0. The van der Waals surface area contributed by atoms with Crippen molar-refractivity contribution in [3.63, 3.8) is 0 Å². The van der Waals surface area contributed by atoms with Gasteiger partial charge in [0.15, 0.2) is 0 Å². The lowest BCUT2D eigenvalue weighted by Gasteiger charge is -2.02. The highest BCUT2D eigenvalue weighted by Crippen LogP contribution is 1.99. The van der Waals surface area contributed by atoms with Crippen LogP contribution in [0.2, 0.25) is 0 Å². The summed E-state index contributed by atoms with van der Waals surface area (Å²) in [5.41, 5.74) is 1.37. The van der Waals surface area contributed by atoms with Crippen molar-refractivity contribution in [1.29, 1.82) is 0 Å². The van der Waals surface area contributed by atoms with Crippen molar-refractivity contribution in [3.05, 3.63) is 29.8 Å². The first-order chi connectivity index (χ1) is 6.24. The van der Waals surface area contributed by atoms with E-state index >= 15 is 0 Å². The molecule has 0 unspecified atom stereocenters. The molecule has 0 bridgehead atoms. The summed E-state index contributed by atoms with van der Waals surface area (Å²) in [5.74, 6) is 0. The van der Waals surface area contributed by atoms with Gasteiger partial charge in [-0.15, -0.1) is 0 Å². The van der Waals surface area contributed by atoms with E-state index in [1.54, 1.807) is 24.3 Å². The lowest BCUT2D eigenvalue weighted by molar-refractivity contribution is -0.282. The highest BCUT2D eigenvalue weighted by molar-refractivity contribution is 6.58. The van der Waals surface area contributed by atoms with Gasteiger partial charge in [0.25, 0.3) is 0 Å². The monoisotopic (exact) mass is 182 g/mol. The van der Waals surface area contributed by atoms with E-state index in [1.165, 1.54) is 7.11 Å². The molecule has 0 spiro atoms. The second-order valence-electron chi connectivity index (χ2n) is 2.54. The average Bonchev–Trinajstić information content (AvgIpc) is 2.15. The fraction of sp³-hybridized carbons (Fsp3) is 0.250. The molecule has 0 amide bonds. The quantitative estimate of drug-likeness (QED) is 0.372. The van der Waals surface area contributed by atoms with Crippen molar-refractivity contribution in [2.45, 2.75) is 6.61 Å². The zero-order valence-electron chi connectivity index (χ0n) is 7.30. The first-order valence-corrected chi connectivity index (χ1v) is 3.84. The maximum atomic E-state index is 8.79. The average molecular weight is 182 g/mol. The van der Waals surface area contributed by atoms with Gasteiger partial charge in [0.05, 0.1) is 7.11 Å². The fourth-order valence-corrected chi connectivity index (χ4v) is 0.913. The van der Waals surface area contributed by atoms with Gasteiger partial charge in [0, 0.05) is 0 Å². The van der Waals surface area contributed by atoms with E-state index in [-0.39, 0.29) is 0 Å². The van der Waals surface area contributed by atoms with Crippen LogP contribution in [0.1, 0.15) is 5.56 Å². The normalized spacial score (nSPS) is 10.1. The maximum absolute atomic E-state index is 8.79. The topological polar surface area (TPSA) is 58.9 Å². The van der Waals surface area contributed by atoms with Gasteiger partial charge >= 0.3 is 7.12 Å². The van der Waals surface area contributed by atoms with Crippen molar-refractivity contribution in [2.24, 2.45) is 0 Å². The fourth-order valence-electron chi connectivity index (χ4n) is 0.913. The Morgan fingerprint density at radius 3 is 2.31 bits per heavy atom. The van der Waals surface area contributed by atoms with Gasteiger partial charge in [-0.2, -0.15) is 0 Å². The molecule has 1 aromatic carbocycles. The lowest BCUT2D eigenvalue weighted by atomic mass is 9.80. The number of hydrogen-bond donors (Lipinski definition) is 2. The highest BCUT2D eigenvalue weighted by atomic mass is 17.2.